The monoisotopic (exact) mass is 499 g/mol. The average Bonchev–Trinajstić information content (AvgIpc) is 3.28. The van der Waals surface area contributed by atoms with E-state index in [1.165, 1.54) is 23.3 Å². The van der Waals surface area contributed by atoms with Crippen LogP contribution >= 0.6 is 35.7 Å². The van der Waals surface area contributed by atoms with Gasteiger partial charge in [0.25, 0.3) is 0 Å². The van der Waals surface area contributed by atoms with E-state index in [4.69, 9.17) is 4.99 Å². The molecule has 0 aliphatic heterocycles. The summed E-state index contributed by atoms with van der Waals surface area (Å²) in [5.41, 5.74) is 1.21. The molecule has 7 heteroatoms. The molecule has 148 valence electrons. The molecular weight excluding hydrogens is 469 g/mol. The molecule has 0 radical (unpaired) electrons. The van der Waals surface area contributed by atoms with Crippen LogP contribution in [0.25, 0.3) is 0 Å². The molecule has 1 aliphatic rings. The van der Waals surface area contributed by atoms with E-state index in [2.05, 4.69) is 66.1 Å². The fourth-order valence-corrected chi connectivity index (χ4v) is 4.00. The van der Waals surface area contributed by atoms with E-state index in [-0.39, 0.29) is 28.7 Å². The standard InChI is InChI=1S/C20H29N5S.HI/c1-3-21-19(22-12-7-13-25-15-17(2)14-24-25)23-16-20(10-11-20)26-18-8-5-4-6-9-18;/h4-6,8-9,14-15H,3,7,10-13,16H2,1-2H3,(H2,21,22,23);1H. The number of aromatic nitrogens is 2. The van der Waals surface area contributed by atoms with Crippen LogP contribution in [0.15, 0.2) is 52.6 Å². The molecule has 1 fully saturated rings. The molecule has 0 atom stereocenters. The Hall–Kier alpha value is -1.22. The zero-order chi connectivity index (χ0) is 18.2. The van der Waals surface area contributed by atoms with E-state index in [1.807, 2.05) is 22.6 Å². The number of halogens is 1. The Labute approximate surface area is 183 Å². The second kappa shape index (κ2) is 10.9. The Kier molecular flexibility index (Phi) is 8.95. The number of thioether (sulfide) groups is 1. The Morgan fingerprint density at radius 2 is 2.04 bits per heavy atom. The largest absolute Gasteiger partial charge is 0.357 e. The highest BCUT2D eigenvalue weighted by Gasteiger charge is 2.43. The molecule has 1 aromatic carbocycles. The second-order valence-electron chi connectivity index (χ2n) is 6.85. The maximum atomic E-state index is 4.84. The molecule has 2 aromatic rings. The van der Waals surface area contributed by atoms with Crippen molar-refractivity contribution in [2.75, 3.05) is 19.6 Å². The van der Waals surface area contributed by atoms with Crippen LogP contribution in [0.3, 0.4) is 0 Å². The molecular formula is C20H30IN5S. The third-order valence-electron chi connectivity index (χ3n) is 4.37. The van der Waals surface area contributed by atoms with Crippen molar-refractivity contribution in [1.29, 1.82) is 0 Å². The van der Waals surface area contributed by atoms with Crippen molar-refractivity contribution in [1.82, 2.24) is 20.4 Å². The summed E-state index contributed by atoms with van der Waals surface area (Å²) in [6, 6.07) is 10.7. The van der Waals surface area contributed by atoms with E-state index in [1.54, 1.807) is 0 Å². The first-order chi connectivity index (χ1) is 12.7. The molecule has 5 nitrogen and oxygen atoms in total. The first-order valence-electron chi connectivity index (χ1n) is 9.44. The highest BCUT2D eigenvalue weighted by molar-refractivity contribution is 14.0. The van der Waals surface area contributed by atoms with Crippen molar-refractivity contribution in [3.05, 3.63) is 48.3 Å². The van der Waals surface area contributed by atoms with Gasteiger partial charge in [-0.25, -0.2) is 0 Å². The summed E-state index contributed by atoms with van der Waals surface area (Å²) in [4.78, 5) is 6.18. The number of aryl methyl sites for hydroxylation is 2. The van der Waals surface area contributed by atoms with E-state index < -0.39 is 0 Å². The third-order valence-corrected chi connectivity index (χ3v) is 5.85. The lowest BCUT2D eigenvalue weighted by molar-refractivity contribution is 0.570. The van der Waals surface area contributed by atoms with Gasteiger partial charge in [-0.15, -0.1) is 35.7 Å². The number of nitrogens with zero attached hydrogens (tertiary/aromatic N) is 3. The number of hydrogen-bond acceptors (Lipinski definition) is 3. The number of hydrogen-bond donors (Lipinski definition) is 2. The van der Waals surface area contributed by atoms with Crippen molar-refractivity contribution in [2.45, 2.75) is 49.3 Å². The Balaban J connectivity index is 0.00000261. The summed E-state index contributed by atoms with van der Waals surface area (Å²) in [6.45, 7) is 7.73. The van der Waals surface area contributed by atoms with Crippen LogP contribution in [0.1, 0.15) is 31.7 Å². The van der Waals surface area contributed by atoms with Crippen molar-refractivity contribution < 1.29 is 0 Å². The van der Waals surface area contributed by atoms with Gasteiger partial charge in [0.2, 0.25) is 0 Å². The lowest BCUT2D eigenvalue weighted by Crippen LogP contribution is -2.38. The quantitative estimate of drug-likeness (QED) is 0.236. The van der Waals surface area contributed by atoms with Gasteiger partial charge in [0.1, 0.15) is 0 Å². The minimum Gasteiger partial charge on any atom is -0.357 e. The van der Waals surface area contributed by atoms with Crippen molar-refractivity contribution >= 4 is 41.7 Å². The fourth-order valence-electron chi connectivity index (χ4n) is 2.77. The minimum atomic E-state index is 0. The van der Waals surface area contributed by atoms with E-state index >= 15 is 0 Å². The van der Waals surface area contributed by atoms with E-state index in [0.717, 1.165) is 38.6 Å². The molecule has 1 aromatic heterocycles. The molecule has 1 heterocycles. The smallest absolute Gasteiger partial charge is 0.191 e. The lowest BCUT2D eigenvalue weighted by Gasteiger charge is -2.15. The summed E-state index contributed by atoms with van der Waals surface area (Å²) in [6.07, 6.45) is 7.49. The number of guanidine groups is 1. The van der Waals surface area contributed by atoms with Crippen molar-refractivity contribution in [2.24, 2.45) is 4.99 Å². The van der Waals surface area contributed by atoms with Gasteiger partial charge in [-0.3, -0.25) is 9.67 Å². The molecule has 27 heavy (non-hydrogen) atoms. The van der Waals surface area contributed by atoms with Crippen molar-refractivity contribution in [3.8, 4) is 0 Å². The average molecular weight is 499 g/mol. The molecule has 2 N–H and O–H groups in total. The maximum absolute atomic E-state index is 4.84. The lowest BCUT2D eigenvalue weighted by atomic mass is 10.4. The predicted molar refractivity (Wildman–Crippen MR) is 125 cm³/mol. The molecule has 3 rings (SSSR count). The summed E-state index contributed by atoms with van der Waals surface area (Å²) in [5, 5.41) is 11.1. The molecule has 0 amide bonds. The number of benzene rings is 1. The van der Waals surface area contributed by atoms with Crippen LogP contribution in [0.2, 0.25) is 0 Å². The highest BCUT2D eigenvalue weighted by atomic mass is 127. The van der Waals surface area contributed by atoms with Gasteiger partial charge < -0.3 is 10.6 Å². The molecule has 0 saturated heterocycles. The van der Waals surface area contributed by atoms with Crippen LogP contribution in [0.5, 0.6) is 0 Å². The normalized spacial score (nSPS) is 15.1. The van der Waals surface area contributed by atoms with Gasteiger partial charge in [-0.2, -0.15) is 5.10 Å². The number of nitrogens with one attached hydrogen (secondary N) is 2. The van der Waals surface area contributed by atoms with Gasteiger partial charge in [0, 0.05) is 35.5 Å². The van der Waals surface area contributed by atoms with Crippen LogP contribution < -0.4 is 10.6 Å². The molecule has 1 saturated carbocycles. The molecule has 1 aliphatic carbocycles. The van der Waals surface area contributed by atoms with Crippen molar-refractivity contribution in [3.63, 3.8) is 0 Å². The maximum Gasteiger partial charge on any atom is 0.191 e. The highest BCUT2D eigenvalue weighted by Crippen LogP contribution is 2.51. The van der Waals surface area contributed by atoms with Crippen LogP contribution in [0.4, 0.5) is 0 Å². The molecule has 0 unspecified atom stereocenters. The number of rotatable bonds is 9. The van der Waals surface area contributed by atoms with Crippen LogP contribution in [-0.2, 0) is 6.54 Å². The van der Waals surface area contributed by atoms with Crippen LogP contribution in [-0.4, -0.2) is 40.1 Å². The Morgan fingerprint density at radius 1 is 1.26 bits per heavy atom. The van der Waals surface area contributed by atoms with Gasteiger partial charge in [-0.05, 0) is 50.8 Å². The summed E-state index contributed by atoms with van der Waals surface area (Å²) in [7, 11) is 0. The number of aliphatic imine (C=N–C) groups is 1. The first kappa shape index (κ1) is 22.1. The first-order valence-corrected chi connectivity index (χ1v) is 10.3. The predicted octanol–water partition coefficient (Wildman–Crippen LogP) is 4.08. The van der Waals surface area contributed by atoms with Gasteiger partial charge in [0.05, 0.1) is 12.7 Å². The Morgan fingerprint density at radius 3 is 2.67 bits per heavy atom. The Bertz CT molecular complexity index is 712. The zero-order valence-electron chi connectivity index (χ0n) is 16.1. The zero-order valence-corrected chi connectivity index (χ0v) is 19.3. The second-order valence-corrected chi connectivity index (χ2v) is 8.40. The summed E-state index contributed by atoms with van der Waals surface area (Å²) < 4.78 is 2.28. The SMILES string of the molecule is CCNC(=NCC1(Sc2ccccc2)CC1)NCCCn1cc(C)cn1.I. The van der Waals surface area contributed by atoms with Crippen LogP contribution in [0, 0.1) is 6.92 Å². The van der Waals surface area contributed by atoms with E-state index in [0.29, 0.717) is 0 Å². The fraction of sp³-hybridized carbons (Fsp3) is 0.500. The van der Waals surface area contributed by atoms with Gasteiger partial charge >= 0.3 is 0 Å². The third kappa shape index (κ3) is 7.37. The van der Waals surface area contributed by atoms with E-state index in [9.17, 15) is 0 Å². The molecule has 0 bridgehead atoms. The topological polar surface area (TPSA) is 54.2 Å². The minimum absolute atomic E-state index is 0. The molecule has 0 spiro atoms. The van der Waals surface area contributed by atoms with Gasteiger partial charge in [0.15, 0.2) is 5.96 Å². The van der Waals surface area contributed by atoms with Gasteiger partial charge in [-0.1, -0.05) is 18.2 Å². The summed E-state index contributed by atoms with van der Waals surface area (Å²) in [5.74, 6) is 0.920. The summed E-state index contributed by atoms with van der Waals surface area (Å²) >= 11 is 1.97.